The minimum absolute atomic E-state index is 0.0348. The van der Waals surface area contributed by atoms with Gasteiger partial charge < -0.3 is 10.2 Å². The zero-order valence-electron chi connectivity index (χ0n) is 20.2. The summed E-state index contributed by atoms with van der Waals surface area (Å²) in [5.41, 5.74) is 4.71. The third-order valence-corrected chi connectivity index (χ3v) is 7.33. The Hall–Kier alpha value is -1.65. The number of benzene rings is 2. The fourth-order valence-electron chi connectivity index (χ4n) is 4.70. The Kier molecular flexibility index (Phi) is 9.36. The highest BCUT2D eigenvalue weighted by Crippen LogP contribution is 2.37. The van der Waals surface area contributed by atoms with Gasteiger partial charge in [-0.25, -0.2) is 0 Å². The van der Waals surface area contributed by atoms with Gasteiger partial charge >= 0.3 is 0 Å². The molecule has 2 aromatic carbocycles. The van der Waals surface area contributed by atoms with E-state index in [1.807, 2.05) is 32.0 Å². The molecule has 2 atom stereocenters. The monoisotopic (exact) mass is 498 g/mol. The molecular formula is C28H39BrN2O. The first-order valence-electron chi connectivity index (χ1n) is 12.4. The lowest BCUT2D eigenvalue weighted by Crippen LogP contribution is -2.41. The average Bonchev–Trinajstić information content (AvgIpc) is 3.62. The fraction of sp³-hybridized carbons (Fsp3) is 0.536. The van der Waals surface area contributed by atoms with Crippen LogP contribution in [0.15, 0.2) is 46.9 Å². The molecule has 2 fully saturated rings. The molecule has 2 aromatic rings. The molecular weight excluding hydrogens is 460 g/mol. The van der Waals surface area contributed by atoms with Crippen LogP contribution in [0, 0.1) is 12.8 Å². The predicted octanol–water partition coefficient (Wildman–Crippen LogP) is 6.73. The van der Waals surface area contributed by atoms with Crippen LogP contribution in [0.25, 0.3) is 0 Å². The molecule has 1 heterocycles. The molecule has 1 N–H and O–H groups in total. The summed E-state index contributed by atoms with van der Waals surface area (Å²) >= 11 is 3.46. The summed E-state index contributed by atoms with van der Waals surface area (Å²) in [6, 6.07) is 15.2. The fourth-order valence-corrected chi connectivity index (χ4v) is 4.97. The van der Waals surface area contributed by atoms with Crippen molar-refractivity contribution in [2.45, 2.75) is 71.8 Å². The van der Waals surface area contributed by atoms with Gasteiger partial charge in [0, 0.05) is 29.2 Å². The van der Waals surface area contributed by atoms with Crippen molar-refractivity contribution >= 4 is 21.8 Å². The molecule has 0 aromatic heterocycles. The molecule has 174 valence electrons. The predicted molar refractivity (Wildman–Crippen MR) is 138 cm³/mol. The highest BCUT2D eigenvalue weighted by molar-refractivity contribution is 9.10. The van der Waals surface area contributed by atoms with Crippen LogP contribution in [0.1, 0.15) is 79.4 Å². The minimum atomic E-state index is 0.0348. The maximum absolute atomic E-state index is 12.8. The van der Waals surface area contributed by atoms with Crippen molar-refractivity contribution in [3.63, 3.8) is 0 Å². The standard InChI is InChI=1S/C26H33BrN2O.C2H6/c1-18-3-8-23(26(30)28-13-11-20-6-9-24(27)10-7-20)16-25(18)22-12-14-29(19(2)15-22)17-21-4-5-21;1-2/h3,6-10,16,19,21-22H,4-5,11-15,17H2,1-2H3,(H,28,30);1-2H3. The van der Waals surface area contributed by atoms with Crippen molar-refractivity contribution in [3.8, 4) is 0 Å². The van der Waals surface area contributed by atoms with Gasteiger partial charge in [0.25, 0.3) is 5.91 Å². The molecule has 1 amide bonds. The Labute approximate surface area is 203 Å². The van der Waals surface area contributed by atoms with E-state index in [0.717, 1.165) is 22.4 Å². The number of aryl methyl sites for hydroxylation is 1. The van der Waals surface area contributed by atoms with Crippen LogP contribution in [-0.2, 0) is 6.42 Å². The minimum Gasteiger partial charge on any atom is -0.352 e. The van der Waals surface area contributed by atoms with Crippen LogP contribution in [0.4, 0.5) is 0 Å². The molecule has 4 rings (SSSR count). The number of likely N-dealkylation sites (tertiary alicyclic amines) is 1. The van der Waals surface area contributed by atoms with Gasteiger partial charge in [0.05, 0.1) is 0 Å². The van der Waals surface area contributed by atoms with Crippen molar-refractivity contribution in [1.29, 1.82) is 0 Å². The first-order valence-corrected chi connectivity index (χ1v) is 13.2. The summed E-state index contributed by atoms with van der Waals surface area (Å²) in [7, 11) is 0. The van der Waals surface area contributed by atoms with E-state index in [-0.39, 0.29) is 5.91 Å². The van der Waals surface area contributed by atoms with E-state index < -0.39 is 0 Å². The van der Waals surface area contributed by atoms with Crippen molar-refractivity contribution in [2.24, 2.45) is 5.92 Å². The third-order valence-electron chi connectivity index (χ3n) is 6.80. The molecule has 0 bridgehead atoms. The highest BCUT2D eigenvalue weighted by atomic mass is 79.9. The summed E-state index contributed by atoms with van der Waals surface area (Å²) < 4.78 is 1.08. The first-order chi connectivity index (χ1) is 15.5. The van der Waals surface area contributed by atoms with Gasteiger partial charge in [-0.05, 0) is 105 Å². The maximum Gasteiger partial charge on any atom is 0.251 e. The van der Waals surface area contributed by atoms with Gasteiger partial charge in [-0.15, -0.1) is 0 Å². The topological polar surface area (TPSA) is 32.3 Å². The number of hydrogen-bond acceptors (Lipinski definition) is 2. The summed E-state index contributed by atoms with van der Waals surface area (Å²) in [4.78, 5) is 15.4. The van der Waals surface area contributed by atoms with Crippen molar-refractivity contribution in [2.75, 3.05) is 19.6 Å². The number of carbonyl (C=O) groups is 1. The van der Waals surface area contributed by atoms with Crippen molar-refractivity contribution in [1.82, 2.24) is 10.2 Å². The normalized spacial score (nSPS) is 20.9. The van der Waals surface area contributed by atoms with Crippen LogP contribution in [0.2, 0.25) is 0 Å². The van der Waals surface area contributed by atoms with E-state index in [0.29, 0.717) is 18.5 Å². The van der Waals surface area contributed by atoms with Gasteiger partial charge in [0.2, 0.25) is 0 Å². The van der Waals surface area contributed by atoms with E-state index in [1.165, 1.54) is 55.5 Å². The Morgan fingerprint density at radius 1 is 1.09 bits per heavy atom. The highest BCUT2D eigenvalue weighted by Gasteiger charge is 2.31. The maximum atomic E-state index is 12.8. The SMILES string of the molecule is CC.Cc1ccc(C(=O)NCCc2ccc(Br)cc2)cc1C1CCN(CC2CC2)C(C)C1. The number of amides is 1. The summed E-state index contributed by atoms with van der Waals surface area (Å²) in [5.74, 6) is 1.55. The molecule has 2 unspecified atom stereocenters. The molecule has 1 aliphatic carbocycles. The zero-order chi connectivity index (χ0) is 23.1. The number of nitrogens with one attached hydrogen (secondary N) is 1. The third kappa shape index (κ3) is 6.92. The van der Waals surface area contributed by atoms with Crippen LogP contribution >= 0.6 is 15.9 Å². The lowest BCUT2D eigenvalue weighted by Gasteiger charge is -2.38. The number of nitrogens with zero attached hydrogens (tertiary/aromatic N) is 1. The molecule has 2 aliphatic rings. The van der Waals surface area contributed by atoms with Gasteiger partial charge in [0.15, 0.2) is 0 Å². The second-order valence-electron chi connectivity index (χ2n) is 9.21. The number of rotatable bonds is 7. The molecule has 32 heavy (non-hydrogen) atoms. The van der Waals surface area contributed by atoms with Crippen molar-refractivity contribution in [3.05, 3.63) is 69.2 Å². The summed E-state index contributed by atoms with van der Waals surface area (Å²) in [6.07, 6.45) is 6.08. The molecule has 4 heteroatoms. The van der Waals surface area contributed by atoms with Gasteiger partial charge in [-0.1, -0.05) is 48.0 Å². The summed E-state index contributed by atoms with van der Waals surface area (Å²) in [6.45, 7) is 11.7. The van der Waals surface area contributed by atoms with E-state index in [1.54, 1.807) is 0 Å². The largest absolute Gasteiger partial charge is 0.352 e. The molecule has 0 spiro atoms. The number of hydrogen-bond donors (Lipinski definition) is 1. The van der Waals surface area contributed by atoms with E-state index >= 15 is 0 Å². The summed E-state index contributed by atoms with van der Waals surface area (Å²) in [5, 5.41) is 3.10. The Morgan fingerprint density at radius 2 is 1.81 bits per heavy atom. The lowest BCUT2D eigenvalue weighted by molar-refractivity contribution is 0.0954. The molecule has 1 aliphatic heterocycles. The second-order valence-corrected chi connectivity index (χ2v) is 10.1. The Balaban J connectivity index is 0.00000141. The lowest BCUT2D eigenvalue weighted by atomic mass is 9.83. The van der Waals surface area contributed by atoms with Crippen LogP contribution < -0.4 is 5.32 Å². The molecule has 1 saturated heterocycles. The van der Waals surface area contributed by atoms with Gasteiger partial charge in [0.1, 0.15) is 0 Å². The quantitative estimate of drug-likeness (QED) is 0.458. The number of carbonyl (C=O) groups excluding carboxylic acids is 1. The van der Waals surface area contributed by atoms with Gasteiger partial charge in [-0.3, -0.25) is 4.79 Å². The zero-order valence-corrected chi connectivity index (χ0v) is 21.7. The van der Waals surface area contributed by atoms with Crippen molar-refractivity contribution < 1.29 is 4.79 Å². The van der Waals surface area contributed by atoms with E-state index in [2.05, 4.69) is 64.3 Å². The number of halogens is 1. The smallest absolute Gasteiger partial charge is 0.251 e. The van der Waals surface area contributed by atoms with E-state index in [4.69, 9.17) is 0 Å². The molecule has 0 radical (unpaired) electrons. The van der Waals surface area contributed by atoms with Crippen LogP contribution in [0.3, 0.4) is 0 Å². The second kappa shape index (κ2) is 12.0. The number of piperidine rings is 1. The van der Waals surface area contributed by atoms with Crippen LogP contribution in [-0.4, -0.2) is 36.5 Å². The average molecular weight is 500 g/mol. The molecule has 1 saturated carbocycles. The van der Waals surface area contributed by atoms with E-state index in [9.17, 15) is 4.79 Å². The first kappa shape index (κ1) is 25.0. The Bertz CT molecular complexity index is 876. The Morgan fingerprint density at radius 3 is 2.47 bits per heavy atom. The molecule has 3 nitrogen and oxygen atoms in total. The van der Waals surface area contributed by atoms with Crippen LogP contribution in [0.5, 0.6) is 0 Å². The van der Waals surface area contributed by atoms with Gasteiger partial charge in [-0.2, -0.15) is 0 Å².